The van der Waals surface area contributed by atoms with Crippen LogP contribution in [0.15, 0.2) is 0 Å². The van der Waals surface area contributed by atoms with Crippen molar-refractivity contribution >= 4 is 23.5 Å². The van der Waals surface area contributed by atoms with Crippen molar-refractivity contribution in [2.75, 3.05) is 13.2 Å². The number of hydrogen-bond acceptors (Lipinski definition) is 5. The maximum atomic E-state index is 10.2. The zero-order valence-corrected chi connectivity index (χ0v) is 13.0. The van der Waals surface area contributed by atoms with Gasteiger partial charge in [-0.05, 0) is 52.3 Å². The fourth-order valence-corrected chi connectivity index (χ4v) is 1.52. The lowest BCUT2D eigenvalue weighted by atomic mass is 10.1. The van der Waals surface area contributed by atoms with E-state index in [-0.39, 0.29) is 23.4 Å². The van der Waals surface area contributed by atoms with Gasteiger partial charge >= 0.3 is 6.09 Å². The smallest absolute Gasteiger partial charge is 0.404 e. The summed E-state index contributed by atoms with van der Waals surface area (Å²) < 4.78 is 0. The highest BCUT2D eigenvalue weighted by Gasteiger charge is 2.13. The first-order valence-electron chi connectivity index (χ1n) is 6.57. The standard InChI is InChI=1S/C12H25N3O4S/c1-12(2,3)15-19-11(20)14-9(8-16)6-4-5-7-13-10(17)18/h9,13,15-16H,4-8H2,1-3H3,(H,14,20)(H,17,18)/t9-/m1/s1. The van der Waals surface area contributed by atoms with E-state index in [1.165, 1.54) is 0 Å². The molecule has 0 bridgehead atoms. The largest absolute Gasteiger partial charge is 0.465 e. The zero-order valence-electron chi connectivity index (χ0n) is 12.2. The van der Waals surface area contributed by atoms with Crippen molar-refractivity contribution < 1.29 is 19.8 Å². The van der Waals surface area contributed by atoms with Gasteiger partial charge in [0.1, 0.15) is 0 Å². The SMILES string of the molecule is CC(C)(C)NOC(=S)N[C@@H](CO)CCCCNC(=O)O. The maximum absolute atomic E-state index is 10.2. The number of thiocarbonyl (C=S) groups is 1. The topological polar surface area (TPSA) is 103 Å². The maximum Gasteiger partial charge on any atom is 0.404 e. The molecule has 20 heavy (non-hydrogen) atoms. The van der Waals surface area contributed by atoms with Crippen LogP contribution in [-0.2, 0) is 4.84 Å². The molecule has 0 aromatic heterocycles. The molecule has 5 N–H and O–H groups in total. The molecule has 0 aliphatic rings. The van der Waals surface area contributed by atoms with Gasteiger partial charge in [0, 0.05) is 12.1 Å². The summed E-state index contributed by atoms with van der Waals surface area (Å²) in [6, 6.07) is -0.200. The highest BCUT2D eigenvalue weighted by atomic mass is 32.1. The van der Waals surface area contributed by atoms with Crippen LogP contribution in [-0.4, -0.2) is 46.2 Å². The van der Waals surface area contributed by atoms with Gasteiger partial charge in [-0.2, -0.15) is 0 Å². The first-order chi connectivity index (χ1) is 9.24. The third kappa shape index (κ3) is 11.9. The van der Waals surface area contributed by atoms with Crippen molar-refractivity contribution in [3.63, 3.8) is 0 Å². The van der Waals surface area contributed by atoms with E-state index >= 15 is 0 Å². The molecular formula is C12H25N3O4S. The minimum atomic E-state index is -1.02. The van der Waals surface area contributed by atoms with Crippen LogP contribution in [0.25, 0.3) is 0 Å². The Morgan fingerprint density at radius 3 is 2.50 bits per heavy atom. The highest BCUT2D eigenvalue weighted by molar-refractivity contribution is 7.80. The Kier molecular flexibility index (Phi) is 9.19. The summed E-state index contributed by atoms with van der Waals surface area (Å²) in [5, 5.41) is 23.0. The molecule has 0 saturated heterocycles. The van der Waals surface area contributed by atoms with Gasteiger partial charge in [0.2, 0.25) is 0 Å². The predicted molar refractivity (Wildman–Crippen MR) is 80.5 cm³/mol. The molecule has 118 valence electrons. The molecule has 0 heterocycles. The number of carbonyl (C=O) groups is 1. The van der Waals surface area contributed by atoms with E-state index in [2.05, 4.69) is 16.1 Å². The average Bonchev–Trinajstić information content (AvgIpc) is 2.33. The number of amides is 1. The quantitative estimate of drug-likeness (QED) is 0.259. The molecule has 0 aliphatic carbocycles. The van der Waals surface area contributed by atoms with E-state index in [9.17, 15) is 9.90 Å². The number of carboxylic acid groups (broad SMARTS) is 1. The van der Waals surface area contributed by atoms with Gasteiger partial charge in [-0.3, -0.25) is 0 Å². The Bertz CT molecular complexity index is 308. The van der Waals surface area contributed by atoms with Gasteiger partial charge in [0.05, 0.1) is 12.6 Å². The predicted octanol–water partition coefficient (Wildman–Crippen LogP) is 0.979. The number of hydroxylamine groups is 1. The second-order valence-corrected chi connectivity index (χ2v) is 5.86. The van der Waals surface area contributed by atoms with Crippen LogP contribution in [0, 0.1) is 0 Å². The Morgan fingerprint density at radius 1 is 1.35 bits per heavy atom. The van der Waals surface area contributed by atoms with E-state index in [1.807, 2.05) is 20.8 Å². The van der Waals surface area contributed by atoms with Crippen molar-refractivity contribution in [3.05, 3.63) is 0 Å². The Morgan fingerprint density at radius 2 is 2.00 bits per heavy atom. The van der Waals surface area contributed by atoms with E-state index in [0.29, 0.717) is 19.4 Å². The molecule has 0 aliphatic heterocycles. The molecule has 7 nitrogen and oxygen atoms in total. The number of unbranched alkanes of at least 4 members (excludes halogenated alkanes) is 1. The van der Waals surface area contributed by atoms with Crippen LogP contribution in [0.5, 0.6) is 0 Å². The second-order valence-electron chi connectivity index (χ2n) is 5.49. The number of aliphatic hydroxyl groups is 1. The number of nitrogens with one attached hydrogen (secondary N) is 3. The van der Waals surface area contributed by atoms with Crippen LogP contribution >= 0.6 is 12.2 Å². The second kappa shape index (κ2) is 9.73. The lowest BCUT2D eigenvalue weighted by Gasteiger charge is -2.23. The average molecular weight is 307 g/mol. The van der Waals surface area contributed by atoms with E-state index in [1.54, 1.807) is 0 Å². The summed E-state index contributed by atoms with van der Waals surface area (Å²) in [7, 11) is 0. The lowest BCUT2D eigenvalue weighted by molar-refractivity contribution is 0.100. The van der Waals surface area contributed by atoms with Crippen molar-refractivity contribution in [3.8, 4) is 0 Å². The minimum absolute atomic E-state index is 0.0641. The van der Waals surface area contributed by atoms with Crippen LogP contribution < -0.4 is 16.1 Å². The zero-order chi connectivity index (χ0) is 15.6. The van der Waals surface area contributed by atoms with Crippen molar-refractivity contribution in [2.24, 2.45) is 0 Å². The van der Waals surface area contributed by atoms with Gasteiger partial charge < -0.3 is 25.7 Å². The summed E-state index contributed by atoms with van der Waals surface area (Å²) in [6.07, 6.45) is 1.13. The number of rotatable bonds is 8. The van der Waals surface area contributed by atoms with Crippen molar-refractivity contribution in [1.29, 1.82) is 0 Å². The Hall–Kier alpha value is -1.12. The summed E-state index contributed by atoms with van der Waals surface area (Å²) in [5.74, 6) is 0. The minimum Gasteiger partial charge on any atom is -0.465 e. The van der Waals surface area contributed by atoms with E-state index in [0.717, 1.165) is 6.42 Å². The molecule has 0 fully saturated rings. The molecule has 1 atom stereocenters. The third-order valence-electron chi connectivity index (χ3n) is 2.25. The van der Waals surface area contributed by atoms with E-state index in [4.69, 9.17) is 22.2 Å². The number of aliphatic hydroxyl groups excluding tert-OH is 1. The van der Waals surface area contributed by atoms with Gasteiger partial charge in [-0.25, -0.2) is 4.79 Å². The summed E-state index contributed by atoms with van der Waals surface area (Å²) >= 11 is 5.00. The summed E-state index contributed by atoms with van der Waals surface area (Å²) in [4.78, 5) is 15.4. The fourth-order valence-electron chi connectivity index (χ4n) is 1.32. The van der Waals surface area contributed by atoms with Crippen molar-refractivity contribution in [2.45, 2.75) is 51.6 Å². The molecule has 0 unspecified atom stereocenters. The lowest BCUT2D eigenvalue weighted by Crippen LogP contribution is -2.44. The molecule has 8 heteroatoms. The highest BCUT2D eigenvalue weighted by Crippen LogP contribution is 2.02. The molecule has 0 aromatic rings. The van der Waals surface area contributed by atoms with Gasteiger partial charge in [0.25, 0.3) is 5.17 Å². The molecule has 0 saturated carbocycles. The van der Waals surface area contributed by atoms with Crippen molar-refractivity contribution in [1.82, 2.24) is 16.1 Å². The monoisotopic (exact) mass is 307 g/mol. The first-order valence-corrected chi connectivity index (χ1v) is 6.97. The Balaban J connectivity index is 3.80. The van der Waals surface area contributed by atoms with Crippen LogP contribution in [0.2, 0.25) is 0 Å². The molecule has 1 amide bonds. The molecule has 0 rings (SSSR count). The molecular weight excluding hydrogens is 282 g/mol. The van der Waals surface area contributed by atoms with E-state index < -0.39 is 6.09 Å². The van der Waals surface area contributed by atoms with Crippen LogP contribution in [0.1, 0.15) is 40.0 Å². The van der Waals surface area contributed by atoms with Crippen LogP contribution in [0.4, 0.5) is 4.79 Å². The third-order valence-corrected chi connectivity index (χ3v) is 2.45. The summed E-state index contributed by atoms with van der Waals surface area (Å²) in [6.45, 7) is 6.16. The van der Waals surface area contributed by atoms with Gasteiger partial charge in [0.15, 0.2) is 0 Å². The molecule has 0 spiro atoms. The number of hydrogen-bond donors (Lipinski definition) is 5. The van der Waals surface area contributed by atoms with Crippen LogP contribution in [0.3, 0.4) is 0 Å². The fraction of sp³-hybridized carbons (Fsp3) is 0.833. The first kappa shape index (κ1) is 18.9. The Labute approximate surface area is 125 Å². The van der Waals surface area contributed by atoms with Gasteiger partial charge in [-0.15, -0.1) is 5.48 Å². The van der Waals surface area contributed by atoms with Gasteiger partial charge in [-0.1, -0.05) is 0 Å². The molecule has 0 radical (unpaired) electrons. The molecule has 0 aromatic carbocycles. The normalized spacial score (nSPS) is 12.6. The summed E-state index contributed by atoms with van der Waals surface area (Å²) in [5.41, 5.74) is 2.56.